The summed E-state index contributed by atoms with van der Waals surface area (Å²) >= 11 is -3.29. The molecule has 0 saturated carbocycles. The van der Waals surface area contributed by atoms with E-state index in [1.54, 1.807) is 0 Å². The number of carbonyl (C=O) groups is 3. The van der Waals surface area contributed by atoms with Crippen molar-refractivity contribution < 1.29 is 25.6 Å². The van der Waals surface area contributed by atoms with Crippen LogP contribution in [0.2, 0.25) is 0 Å². The Kier molecular flexibility index (Phi) is 6.63. The van der Waals surface area contributed by atoms with E-state index in [0.717, 1.165) is 18.2 Å². The van der Waals surface area contributed by atoms with Crippen molar-refractivity contribution in [2.75, 3.05) is 0 Å². The predicted molar refractivity (Wildman–Crippen MR) is 54.6 cm³/mol. The Balaban J connectivity index is 4.48. The van der Waals surface area contributed by atoms with Crippen LogP contribution >= 0.6 is 0 Å². The van der Waals surface area contributed by atoms with Crippen LogP contribution in [0.25, 0.3) is 0 Å². The molecule has 0 spiro atoms. The Morgan fingerprint density at radius 1 is 0.750 bits per heavy atom. The van der Waals surface area contributed by atoms with Gasteiger partial charge >= 0.3 is 97.1 Å². The van der Waals surface area contributed by atoms with Gasteiger partial charge in [0.05, 0.1) is 0 Å². The SMILES string of the molecule is C=CC(=O)O[As](OC(=O)C=C)OC(=O)C=C. The summed E-state index contributed by atoms with van der Waals surface area (Å²) in [4.78, 5) is 32.5. The number of carbonyl (C=O) groups excluding carboxylic acids is 3. The Morgan fingerprint density at radius 2 is 1.00 bits per heavy atom. The molecule has 0 N–H and O–H groups in total. The molecule has 0 heterocycles. The fourth-order valence-corrected chi connectivity index (χ4v) is 2.02. The first-order valence-corrected chi connectivity index (χ1v) is 6.16. The molecule has 0 aliphatic carbocycles. The topological polar surface area (TPSA) is 78.9 Å². The summed E-state index contributed by atoms with van der Waals surface area (Å²) in [6.45, 7) is 9.42. The zero-order valence-electron chi connectivity index (χ0n) is 8.25. The molecule has 0 aromatic heterocycles. The fraction of sp³-hybridized carbons (Fsp3) is 0. The Hall–Kier alpha value is -1.81. The molecule has 0 amide bonds. The van der Waals surface area contributed by atoms with Gasteiger partial charge in [0, 0.05) is 0 Å². The van der Waals surface area contributed by atoms with Crippen LogP contribution in [0.5, 0.6) is 0 Å². The maximum atomic E-state index is 10.8. The minimum absolute atomic E-state index is 0.852. The summed E-state index contributed by atoms with van der Waals surface area (Å²) in [5.74, 6) is -2.56. The summed E-state index contributed by atoms with van der Waals surface area (Å²) in [7, 11) is 0. The third-order valence-electron chi connectivity index (χ3n) is 0.994. The second-order valence-electron chi connectivity index (χ2n) is 2.07. The Bertz CT molecular complexity index is 283. The van der Waals surface area contributed by atoms with E-state index in [9.17, 15) is 14.4 Å². The van der Waals surface area contributed by atoms with Crippen LogP contribution in [-0.2, 0) is 25.6 Å². The first-order chi connectivity index (χ1) is 7.53. The molecule has 0 rings (SSSR count). The molecule has 0 atom stereocenters. The van der Waals surface area contributed by atoms with Crippen LogP contribution in [0.15, 0.2) is 38.0 Å². The zero-order valence-corrected chi connectivity index (χ0v) is 10.1. The minimum atomic E-state index is -3.29. The molecular formula is C9H9AsO6. The van der Waals surface area contributed by atoms with Crippen LogP contribution < -0.4 is 0 Å². The standard InChI is InChI=1S/C9H9AsO6/c1-4-7(11)14-10(15-8(12)5-2)16-9(13)6-3/h4-6H,1-3H2. The van der Waals surface area contributed by atoms with E-state index in [4.69, 9.17) is 0 Å². The van der Waals surface area contributed by atoms with Crippen LogP contribution in [0.1, 0.15) is 0 Å². The molecule has 0 aromatic carbocycles. The number of hydrogen-bond donors (Lipinski definition) is 0. The molecule has 0 saturated heterocycles. The van der Waals surface area contributed by atoms with Gasteiger partial charge in [-0.2, -0.15) is 0 Å². The van der Waals surface area contributed by atoms with E-state index >= 15 is 0 Å². The van der Waals surface area contributed by atoms with Crippen molar-refractivity contribution in [1.29, 1.82) is 0 Å². The second-order valence-corrected chi connectivity index (χ2v) is 4.15. The van der Waals surface area contributed by atoms with E-state index < -0.39 is 33.6 Å². The summed E-state index contributed by atoms with van der Waals surface area (Å²) in [6.07, 6.45) is 2.56. The molecule has 0 aliphatic heterocycles. The van der Waals surface area contributed by atoms with Gasteiger partial charge in [-0.3, -0.25) is 0 Å². The number of hydrogen-bond acceptors (Lipinski definition) is 6. The molecule has 0 aliphatic rings. The first-order valence-electron chi connectivity index (χ1n) is 3.86. The molecule has 0 radical (unpaired) electrons. The van der Waals surface area contributed by atoms with Crippen LogP contribution in [0, 0.1) is 0 Å². The van der Waals surface area contributed by atoms with Gasteiger partial charge in [0.2, 0.25) is 0 Å². The third-order valence-corrected chi connectivity index (χ3v) is 3.06. The average molecular weight is 288 g/mol. The number of rotatable bonds is 6. The van der Waals surface area contributed by atoms with Crippen molar-refractivity contribution in [1.82, 2.24) is 0 Å². The van der Waals surface area contributed by atoms with Crippen LogP contribution in [-0.4, -0.2) is 33.6 Å². The first kappa shape index (κ1) is 14.2. The molecule has 0 bridgehead atoms. The maximum absolute atomic E-state index is 10.8. The van der Waals surface area contributed by atoms with Gasteiger partial charge in [-0.05, 0) is 0 Å². The predicted octanol–water partition coefficient (Wildman–Crippen LogP) is 0.159. The Labute approximate surface area is 97.5 Å². The molecule has 16 heavy (non-hydrogen) atoms. The molecule has 86 valence electrons. The zero-order chi connectivity index (χ0) is 12.6. The second kappa shape index (κ2) is 7.48. The van der Waals surface area contributed by atoms with Crippen molar-refractivity contribution in [3.63, 3.8) is 0 Å². The van der Waals surface area contributed by atoms with Crippen molar-refractivity contribution in [2.24, 2.45) is 0 Å². The quantitative estimate of drug-likeness (QED) is 0.511. The molecular weight excluding hydrogens is 279 g/mol. The van der Waals surface area contributed by atoms with E-state index in [0.29, 0.717) is 0 Å². The third kappa shape index (κ3) is 5.82. The van der Waals surface area contributed by atoms with E-state index in [1.165, 1.54) is 0 Å². The van der Waals surface area contributed by atoms with Crippen LogP contribution in [0.4, 0.5) is 0 Å². The van der Waals surface area contributed by atoms with E-state index in [2.05, 4.69) is 30.9 Å². The average Bonchev–Trinajstić information content (AvgIpc) is 2.28. The van der Waals surface area contributed by atoms with Gasteiger partial charge in [-0.1, -0.05) is 0 Å². The summed E-state index contributed by atoms with van der Waals surface area (Å²) in [6, 6.07) is 0. The fourth-order valence-electron chi connectivity index (χ4n) is 0.388. The molecule has 0 fully saturated rings. The van der Waals surface area contributed by atoms with Crippen molar-refractivity contribution in [3.8, 4) is 0 Å². The van der Waals surface area contributed by atoms with Crippen LogP contribution in [0.3, 0.4) is 0 Å². The molecule has 7 heteroatoms. The van der Waals surface area contributed by atoms with Crippen molar-refractivity contribution in [2.45, 2.75) is 0 Å². The van der Waals surface area contributed by atoms with Gasteiger partial charge in [0.15, 0.2) is 0 Å². The summed E-state index contributed by atoms with van der Waals surface area (Å²) in [5.41, 5.74) is 0. The van der Waals surface area contributed by atoms with Gasteiger partial charge in [-0.15, -0.1) is 0 Å². The summed E-state index contributed by atoms with van der Waals surface area (Å²) in [5, 5.41) is 0. The molecule has 6 nitrogen and oxygen atoms in total. The van der Waals surface area contributed by atoms with Crippen molar-refractivity contribution >= 4 is 33.6 Å². The van der Waals surface area contributed by atoms with E-state index in [-0.39, 0.29) is 0 Å². The van der Waals surface area contributed by atoms with Gasteiger partial charge in [0.1, 0.15) is 0 Å². The van der Waals surface area contributed by atoms with Gasteiger partial charge in [-0.25, -0.2) is 0 Å². The monoisotopic (exact) mass is 288 g/mol. The molecule has 0 aromatic rings. The van der Waals surface area contributed by atoms with Gasteiger partial charge in [0.25, 0.3) is 0 Å². The van der Waals surface area contributed by atoms with Crippen molar-refractivity contribution in [3.05, 3.63) is 38.0 Å². The Morgan fingerprint density at radius 3 is 1.19 bits per heavy atom. The van der Waals surface area contributed by atoms with E-state index in [1.807, 2.05) is 0 Å². The normalized spacial score (nSPS) is 8.81. The summed E-state index contributed by atoms with van der Waals surface area (Å²) < 4.78 is 13.7. The van der Waals surface area contributed by atoms with Gasteiger partial charge < -0.3 is 0 Å². The molecule has 0 unspecified atom stereocenters.